The standard InChI is InChI=1S/C21H32N4O2/c1-14(2)13-26-18-9-7-17(8-10-18)16(5)24-21(22-6)23-12-19-11-20(15(3)4)25-27-19/h7-11,14-16H,12-13H2,1-6H3,(H2,22,23,24). The fraction of sp³-hybridized carbons (Fsp3) is 0.524. The summed E-state index contributed by atoms with van der Waals surface area (Å²) in [5.41, 5.74) is 2.12. The fourth-order valence-electron chi connectivity index (χ4n) is 2.45. The van der Waals surface area contributed by atoms with Gasteiger partial charge in [0.05, 0.1) is 24.9 Å². The Morgan fingerprint density at radius 3 is 2.41 bits per heavy atom. The van der Waals surface area contributed by atoms with E-state index in [0.717, 1.165) is 29.4 Å². The van der Waals surface area contributed by atoms with E-state index in [4.69, 9.17) is 9.26 Å². The molecule has 2 N–H and O–H groups in total. The lowest BCUT2D eigenvalue weighted by Crippen LogP contribution is -2.38. The molecular formula is C21H32N4O2. The molecule has 148 valence electrons. The van der Waals surface area contributed by atoms with Gasteiger partial charge in [0.1, 0.15) is 5.75 Å². The third-order valence-corrected chi connectivity index (χ3v) is 4.14. The van der Waals surface area contributed by atoms with E-state index in [-0.39, 0.29) is 6.04 Å². The van der Waals surface area contributed by atoms with Crippen molar-refractivity contribution in [2.45, 2.75) is 53.1 Å². The van der Waals surface area contributed by atoms with Crippen LogP contribution in [0.4, 0.5) is 0 Å². The summed E-state index contributed by atoms with van der Waals surface area (Å²) < 4.78 is 11.1. The van der Waals surface area contributed by atoms with Gasteiger partial charge in [-0.3, -0.25) is 4.99 Å². The van der Waals surface area contributed by atoms with Crippen molar-refractivity contribution in [1.29, 1.82) is 0 Å². The average Bonchev–Trinajstić information content (AvgIpc) is 3.13. The summed E-state index contributed by atoms with van der Waals surface area (Å²) in [5, 5.41) is 10.7. The lowest BCUT2D eigenvalue weighted by molar-refractivity contribution is 0.271. The van der Waals surface area contributed by atoms with Crippen LogP contribution in [-0.2, 0) is 6.54 Å². The van der Waals surface area contributed by atoms with E-state index >= 15 is 0 Å². The summed E-state index contributed by atoms with van der Waals surface area (Å²) >= 11 is 0. The van der Waals surface area contributed by atoms with E-state index < -0.39 is 0 Å². The lowest BCUT2D eigenvalue weighted by atomic mass is 10.1. The van der Waals surface area contributed by atoms with Crippen molar-refractivity contribution in [2.24, 2.45) is 10.9 Å². The molecule has 0 bridgehead atoms. The van der Waals surface area contributed by atoms with Gasteiger partial charge in [0.25, 0.3) is 0 Å². The molecule has 1 aromatic heterocycles. The van der Waals surface area contributed by atoms with Crippen molar-refractivity contribution < 1.29 is 9.26 Å². The third-order valence-electron chi connectivity index (χ3n) is 4.14. The summed E-state index contributed by atoms with van der Waals surface area (Å²) in [6.07, 6.45) is 0. The molecule has 6 heteroatoms. The summed E-state index contributed by atoms with van der Waals surface area (Å²) in [4.78, 5) is 4.28. The van der Waals surface area contributed by atoms with E-state index in [9.17, 15) is 0 Å². The zero-order valence-electron chi connectivity index (χ0n) is 17.2. The number of hydrogen-bond donors (Lipinski definition) is 2. The van der Waals surface area contributed by atoms with Crippen LogP contribution < -0.4 is 15.4 Å². The van der Waals surface area contributed by atoms with Gasteiger partial charge in [-0.2, -0.15) is 0 Å². The van der Waals surface area contributed by atoms with Crippen molar-refractivity contribution in [3.63, 3.8) is 0 Å². The molecule has 2 aromatic rings. The highest BCUT2D eigenvalue weighted by atomic mass is 16.5. The Hall–Kier alpha value is -2.50. The maximum absolute atomic E-state index is 5.74. The third kappa shape index (κ3) is 6.62. The molecule has 1 atom stereocenters. The number of aromatic nitrogens is 1. The Morgan fingerprint density at radius 2 is 1.85 bits per heavy atom. The molecule has 0 aliphatic carbocycles. The molecular weight excluding hydrogens is 340 g/mol. The number of hydrogen-bond acceptors (Lipinski definition) is 4. The van der Waals surface area contributed by atoms with Gasteiger partial charge in [-0.15, -0.1) is 0 Å². The molecule has 27 heavy (non-hydrogen) atoms. The van der Waals surface area contributed by atoms with Gasteiger partial charge in [0.15, 0.2) is 11.7 Å². The molecule has 0 aliphatic heterocycles. The van der Waals surface area contributed by atoms with Crippen molar-refractivity contribution in [3.05, 3.63) is 47.3 Å². The van der Waals surface area contributed by atoms with Crippen LogP contribution in [0.2, 0.25) is 0 Å². The quantitative estimate of drug-likeness (QED) is 0.535. The van der Waals surface area contributed by atoms with Crippen molar-refractivity contribution in [1.82, 2.24) is 15.8 Å². The molecule has 1 aromatic carbocycles. The maximum Gasteiger partial charge on any atom is 0.191 e. The van der Waals surface area contributed by atoms with Crippen LogP contribution in [-0.4, -0.2) is 24.8 Å². The number of guanidine groups is 1. The monoisotopic (exact) mass is 372 g/mol. The number of rotatable bonds is 8. The normalized spacial score (nSPS) is 13.1. The Morgan fingerprint density at radius 1 is 1.15 bits per heavy atom. The van der Waals surface area contributed by atoms with Crippen LogP contribution in [0.25, 0.3) is 0 Å². The number of nitrogens with one attached hydrogen (secondary N) is 2. The molecule has 0 aliphatic rings. The zero-order chi connectivity index (χ0) is 19.8. The minimum Gasteiger partial charge on any atom is -0.493 e. The highest BCUT2D eigenvalue weighted by Crippen LogP contribution is 2.18. The largest absolute Gasteiger partial charge is 0.493 e. The highest BCUT2D eigenvalue weighted by Gasteiger charge is 2.11. The van der Waals surface area contributed by atoms with E-state index in [1.807, 2.05) is 18.2 Å². The van der Waals surface area contributed by atoms with Crippen molar-refractivity contribution in [2.75, 3.05) is 13.7 Å². The molecule has 1 heterocycles. The number of benzene rings is 1. The van der Waals surface area contributed by atoms with E-state index in [0.29, 0.717) is 24.3 Å². The lowest BCUT2D eigenvalue weighted by Gasteiger charge is -2.18. The smallest absolute Gasteiger partial charge is 0.191 e. The second kappa shape index (κ2) is 10.00. The molecule has 2 rings (SSSR count). The first kappa shape index (κ1) is 20.8. The first-order chi connectivity index (χ1) is 12.9. The SMILES string of the molecule is CN=C(NCc1cc(C(C)C)no1)NC(C)c1ccc(OCC(C)C)cc1. The van der Waals surface area contributed by atoms with Crippen molar-refractivity contribution >= 4 is 5.96 Å². The highest BCUT2D eigenvalue weighted by molar-refractivity contribution is 5.80. The average molecular weight is 373 g/mol. The molecule has 1 unspecified atom stereocenters. The van der Waals surface area contributed by atoms with Gasteiger partial charge in [0, 0.05) is 13.1 Å². The molecule has 0 amide bonds. The summed E-state index contributed by atoms with van der Waals surface area (Å²) in [5.74, 6) is 3.27. The van der Waals surface area contributed by atoms with Crippen LogP contribution >= 0.6 is 0 Å². The Kier molecular flexibility index (Phi) is 7.70. The summed E-state index contributed by atoms with van der Waals surface area (Å²) in [6, 6.07) is 10.3. The van der Waals surface area contributed by atoms with Gasteiger partial charge in [-0.1, -0.05) is 45.0 Å². The molecule has 0 radical (unpaired) electrons. The van der Waals surface area contributed by atoms with Crippen LogP contribution in [0.1, 0.15) is 63.6 Å². The predicted molar refractivity (Wildman–Crippen MR) is 109 cm³/mol. The van der Waals surface area contributed by atoms with Gasteiger partial charge >= 0.3 is 0 Å². The molecule has 0 fully saturated rings. The second-order valence-corrected chi connectivity index (χ2v) is 7.44. The maximum atomic E-state index is 5.74. The van der Waals surface area contributed by atoms with Crippen molar-refractivity contribution in [3.8, 4) is 5.75 Å². The Balaban J connectivity index is 1.87. The van der Waals surface area contributed by atoms with Gasteiger partial charge in [-0.05, 0) is 36.5 Å². The molecule has 0 saturated carbocycles. The summed E-state index contributed by atoms with van der Waals surface area (Å²) in [6.45, 7) is 11.8. The predicted octanol–water partition coefficient (Wildman–Crippen LogP) is 4.26. The molecule has 0 spiro atoms. The number of aliphatic imine (C=N–C) groups is 1. The Labute approximate surface area is 162 Å². The van der Waals surface area contributed by atoms with Gasteiger partial charge < -0.3 is 19.9 Å². The van der Waals surface area contributed by atoms with Crippen LogP contribution in [0.15, 0.2) is 39.8 Å². The van der Waals surface area contributed by atoms with Gasteiger partial charge in [-0.25, -0.2) is 0 Å². The zero-order valence-corrected chi connectivity index (χ0v) is 17.2. The van der Waals surface area contributed by atoms with E-state index in [2.05, 4.69) is 67.5 Å². The Bertz CT molecular complexity index is 720. The topological polar surface area (TPSA) is 71.7 Å². The fourth-order valence-corrected chi connectivity index (χ4v) is 2.45. The first-order valence-corrected chi connectivity index (χ1v) is 9.54. The number of nitrogens with zero attached hydrogens (tertiary/aromatic N) is 2. The number of ether oxygens (including phenoxy) is 1. The minimum atomic E-state index is 0.108. The van der Waals surface area contributed by atoms with Crippen LogP contribution in [0, 0.1) is 5.92 Å². The van der Waals surface area contributed by atoms with Crippen LogP contribution in [0.5, 0.6) is 5.75 Å². The minimum absolute atomic E-state index is 0.108. The first-order valence-electron chi connectivity index (χ1n) is 9.54. The molecule has 0 saturated heterocycles. The van der Waals surface area contributed by atoms with E-state index in [1.165, 1.54) is 0 Å². The van der Waals surface area contributed by atoms with E-state index in [1.54, 1.807) is 7.05 Å². The molecule has 6 nitrogen and oxygen atoms in total. The van der Waals surface area contributed by atoms with Gasteiger partial charge in [0.2, 0.25) is 0 Å². The summed E-state index contributed by atoms with van der Waals surface area (Å²) in [7, 11) is 1.75. The van der Waals surface area contributed by atoms with Crippen LogP contribution in [0.3, 0.4) is 0 Å². The second-order valence-electron chi connectivity index (χ2n) is 7.44.